The van der Waals surface area contributed by atoms with E-state index in [2.05, 4.69) is 6.08 Å². The van der Waals surface area contributed by atoms with Crippen molar-refractivity contribution in [1.29, 1.82) is 0 Å². The van der Waals surface area contributed by atoms with E-state index in [0.717, 1.165) is 18.4 Å². The van der Waals surface area contributed by atoms with Crippen LogP contribution in [0, 0.1) is 5.41 Å². The SMILES string of the molecule is CC1=CCCC12C=CC(=O)C(F)=C2. The van der Waals surface area contributed by atoms with Crippen molar-refractivity contribution in [3.63, 3.8) is 0 Å². The molecule has 1 spiro atoms. The summed E-state index contributed by atoms with van der Waals surface area (Å²) in [5, 5.41) is 0. The normalized spacial score (nSPS) is 32.3. The zero-order valence-electron chi connectivity index (χ0n) is 7.51. The molecule has 0 aromatic carbocycles. The van der Waals surface area contributed by atoms with Crippen LogP contribution in [0.1, 0.15) is 19.8 Å². The lowest BCUT2D eigenvalue weighted by Crippen LogP contribution is -2.18. The summed E-state index contributed by atoms with van der Waals surface area (Å²) in [5.74, 6) is -1.12. The minimum Gasteiger partial charge on any atom is -0.287 e. The highest BCUT2D eigenvalue weighted by atomic mass is 19.1. The molecular weight excluding hydrogens is 167 g/mol. The van der Waals surface area contributed by atoms with Crippen LogP contribution in [0.15, 0.2) is 35.7 Å². The molecule has 0 radical (unpaired) electrons. The molecule has 1 atom stereocenters. The maximum Gasteiger partial charge on any atom is 0.213 e. The zero-order valence-corrected chi connectivity index (χ0v) is 7.51. The molecule has 0 saturated heterocycles. The molecule has 0 fully saturated rings. The maximum atomic E-state index is 13.1. The smallest absolute Gasteiger partial charge is 0.213 e. The van der Waals surface area contributed by atoms with E-state index >= 15 is 0 Å². The van der Waals surface area contributed by atoms with E-state index in [0.29, 0.717) is 0 Å². The van der Waals surface area contributed by atoms with E-state index in [1.165, 1.54) is 12.2 Å². The Balaban J connectivity index is 2.42. The van der Waals surface area contributed by atoms with E-state index in [1.54, 1.807) is 0 Å². The minimum atomic E-state index is -0.614. The quantitative estimate of drug-likeness (QED) is 0.521. The summed E-state index contributed by atoms with van der Waals surface area (Å²) in [6.45, 7) is 1.98. The summed E-state index contributed by atoms with van der Waals surface area (Å²) in [5.41, 5.74) is 0.851. The van der Waals surface area contributed by atoms with Crippen LogP contribution in [0.2, 0.25) is 0 Å². The number of hydrogen-bond donors (Lipinski definition) is 0. The van der Waals surface area contributed by atoms with Crippen LogP contribution in [0.5, 0.6) is 0 Å². The average Bonchev–Trinajstić information content (AvgIpc) is 2.42. The summed E-state index contributed by atoms with van der Waals surface area (Å²) < 4.78 is 13.1. The third-order valence-corrected chi connectivity index (χ3v) is 2.89. The molecule has 0 aliphatic heterocycles. The van der Waals surface area contributed by atoms with E-state index < -0.39 is 11.6 Å². The first kappa shape index (κ1) is 8.42. The highest BCUT2D eigenvalue weighted by Gasteiger charge is 2.34. The van der Waals surface area contributed by atoms with Crippen molar-refractivity contribution in [1.82, 2.24) is 0 Å². The first-order chi connectivity index (χ1) is 6.14. The molecule has 13 heavy (non-hydrogen) atoms. The van der Waals surface area contributed by atoms with Crippen molar-refractivity contribution in [2.24, 2.45) is 5.41 Å². The Morgan fingerprint density at radius 2 is 2.31 bits per heavy atom. The van der Waals surface area contributed by atoms with E-state index in [9.17, 15) is 9.18 Å². The van der Waals surface area contributed by atoms with Crippen molar-refractivity contribution in [2.75, 3.05) is 0 Å². The first-order valence-corrected chi connectivity index (χ1v) is 4.43. The molecule has 0 amide bonds. The number of ketones is 1. The Morgan fingerprint density at radius 3 is 2.85 bits per heavy atom. The molecular formula is C11H11FO. The predicted octanol–water partition coefficient (Wildman–Crippen LogP) is 2.71. The lowest BCUT2D eigenvalue weighted by Gasteiger charge is -2.25. The van der Waals surface area contributed by atoms with Crippen LogP contribution in [0.25, 0.3) is 0 Å². The lowest BCUT2D eigenvalue weighted by molar-refractivity contribution is -0.112. The van der Waals surface area contributed by atoms with Gasteiger partial charge < -0.3 is 0 Å². The van der Waals surface area contributed by atoms with Gasteiger partial charge in [-0.05, 0) is 31.9 Å². The number of allylic oxidation sites excluding steroid dienone is 6. The second-order valence-corrected chi connectivity index (χ2v) is 3.66. The molecule has 0 heterocycles. The molecule has 0 aromatic heterocycles. The minimum absolute atomic E-state index is 0.294. The van der Waals surface area contributed by atoms with Gasteiger partial charge in [-0.1, -0.05) is 17.7 Å². The Labute approximate surface area is 76.6 Å². The van der Waals surface area contributed by atoms with Gasteiger partial charge in [-0.15, -0.1) is 0 Å². The van der Waals surface area contributed by atoms with Crippen LogP contribution in [-0.2, 0) is 4.79 Å². The second-order valence-electron chi connectivity index (χ2n) is 3.66. The van der Waals surface area contributed by atoms with Crippen molar-refractivity contribution >= 4 is 5.78 Å². The summed E-state index contributed by atoms with van der Waals surface area (Å²) in [7, 11) is 0. The summed E-state index contributed by atoms with van der Waals surface area (Å²) in [6, 6.07) is 0. The fourth-order valence-corrected chi connectivity index (χ4v) is 1.96. The highest BCUT2D eigenvalue weighted by molar-refractivity contribution is 6.03. The second kappa shape index (κ2) is 2.66. The fourth-order valence-electron chi connectivity index (χ4n) is 1.96. The molecule has 0 bridgehead atoms. The first-order valence-electron chi connectivity index (χ1n) is 4.43. The van der Waals surface area contributed by atoms with Crippen molar-refractivity contribution < 1.29 is 9.18 Å². The predicted molar refractivity (Wildman–Crippen MR) is 48.8 cm³/mol. The van der Waals surface area contributed by atoms with Gasteiger partial charge in [0.2, 0.25) is 5.78 Å². The molecule has 2 aliphatic rings. The zero-order chi connectivity index (χ0) is 9.47. The van der Waals surface area contributed by atoms with Gasteiger partial charge in [0.1, 0.15) is 0 Å². The van der Waals surface area contributed by atoms with Gasteiger partial charge >= 0.3 is 0 Å². The summed E-state index contributed by atoms with van der Waals surface area (Å²) in [4.78, 5) is 10.9. The van der Waals surface area contributed by atoms with Gasteiger partial charge in [-0.3, -0.25) is 4.79 Å². The molecule has 68 valence electrons. The lowest BCUT2D eigenvalue weighted by atomic mass is 9.78. The number of halogens is 1. The fraction of sp³-hybridized carbons (Fsp3) is 0.364. The van der Waals surface area contributed by atoms with Crippen LogP contribution < -0.4 is 0 Å². The van der Waals surface area contributed by atoms with Crippen molar-refractivity contribution in [3.8, 4) is 0 Å². The Hall–Kier alpha value is -1.18. The van der Waals surface area contributed by atoms with Gasteiger partial charge in [0.25, 0.3) is 0 Å². The van der Waals surface area contributed by atoms with Crippen LogP contribution in [0.3, 0.4) is 0 Å². The molecule has 2 heteroatoms. The number of hydrogen-bond acceptors (Lipinski definition) is 1. The van der Waals surface area contributed by atoms with Crippen LogP contribution in [-0.4, -0.2) is 5.78 Å². The monoisotopic (exact) mass is 178 g/mol. The van der Waals surface area contributed by atoms with Gasteiger partial charge in [0.05, 0.1) is 0 Å². The highest BCUT2D eigenvalue weighted by Crippen LogP contribution is 2.44. The van der Waals surface area contributed by atoms with E-state index in [4.69, 9.17) is 0 Å². The topological polar surface area (TPSA) is 17.1 Å². The van der Waals surface area contributed by atoms with Gasteiger partial charge in [0.15, 0.2) is 5.83 Å². The van der Waals surface area contributed by atoms with Crippen molar-refractivity contribution in [3.05, 3.63) is 35.7 Å². The number of carbonyl (C=O) groups is 1. The summed E-state index contributed by atoms with van der Waals surface area (Å²) >= 11 is 0. The van der Waals surface area contributed by atoms with Crippen LogP contribution >= 0.6 is 0 Å². The van der Waals surface area contributed by atoms with Gasteiger partial charge in [-0.25, -0.2) is 4.39 Å². The molecule has 0 N–H and O–H groups in total. The molecule has 1 unspecified atom stereocenters. The molecule has 1 nitrogen and oxygen atoms in total. The number of carbonyl (C=O) groups excluding carboxylic acids is 1. The molecule has 0 saturated carbocycles. The van der Waals surface area contributed by atoms with Crippen LogP contribution in [0.4, 0.5) is 4.39 Å². The molecule has 2 rings (SSSR count). The average molecular weight is 178 g/mol. The Bertz CT molecular complexity index is 349. The van der Waals surface area contributed by atoms with E-state index in [-0.39, 0.29) is 5.41 Å². The van der Waals surface area contributed by atoms with Gasteiger partial charge in [-0.2, -0.15) is 0 Å². The third kappa shape index (κ3) is 1.17. The maximum absolute atomic E-state index is 13.1. The van der Waals surface area contributed by atoms with Crippen molar-refractivity contribution in [2.45, 2.75) is 19.8 Å². The molecule has 0 aromatic rings. The Morgan fingerprint density at radius 1 is 1.54 bits per heavy atom. The Kier molecular flexibility index (Phi) is 1.72. The summed E-state index contributed by atoms with van der Waals surface area (Å²) in [6.07, 6.45) is 8.57. The van der Waals surface area contributed by atoms with E-state index in [1.807, 2.05) is 13.0 Å². The third-order valence-electron chi connectivity index (χ3n) is 2.89. The number of rotatable bonds is 0. The van der Waals surface area contributed by atoms with Gasteiger partial charge in [0, 0.05) is 5.41 Å². The standard InChI is InChI=1S/C11H11FO/c1-8-3-2-5-11(8)6-4-10(13)9(12)7-11/h3-4,6-7H,2,5H2,1H3. The largest absolute Gasteiger partial charge is 0.287 e. The molecule has 2 aliphatic carbocycles.